The third-order valence-corrected chi connectivity index (χ3v) is 3.65. The number of carbonyl (C=O) groups is 1. The van der Waals surface area contributed by atoms with E-state index in [-0.39, 0.29) is 5.91 Å². The Labute approximate surface area is 152 Å². The van der Waals surface area contributed by atoms with Gasteiger partial charge in [-0.25, -0.2) is 5.43 Å². The molecular weight excluding hydrogens is 336 g/mol. The molecule has 1 atom stereocenters. The molecule has 1 unspecified atom stereocenters. The molecular formula is C19H22N2O5. The molecule has 0 bridgehead atoms. The molecule has 0 saturated carbocycles. The number of hydrogen-bond acceptors (Lipinski definition) is 6. The first kappa shape index (κ1) is 19.3. The van der Waals surface area contributed by atoms with Crippen LogP contribution in [0.5, 0.6) is 17.2 Å². The average molecular weight is 358 g/mol. The second-order valence-electron chi connectivity index (χ2n) is 5.22. The van der Waals surface area contributed by atoms with E-state index in [9.17, 15) is 4.79 Å². The zero-order valence-electron chi connectivity index (χ0n) is 15.2. The molecule has 0 heterocycles. The highest BCUT2D eigenvalue weighted by molar-refractivity contribution is 5.86. The number of ether oxygens (including phenoxy) is 4. The van der Waals surface area contributed by atoms with E-state index in [1.54, 1.807) is 12.1 Å². The van der Waals surface area contributed by atoms with Gasteiger partial charge in [0.15, 0.2) is 17.6 Å². The van der Waals surface area contributed by atoms with E-state index >= 15 is 0 Å². The predicted molar refractivity (Wildman–Crippen MR) is 98.0 cm³/mol. The smallest absolute Gasteiger partial charge is 0.273 e. The van der Waals surface area contributed by atoms with Gasteiger partial charge in [-0.15, -0.1) is 0 Å². The van der Waals surface area contributed by atoms with E-state index in [2.05, 4.69) is 10.5 Å². The summed E-state index contributed by atoms with van der Waals surface area (Å²) in [6.45, 7) is 0. The first-order valence-corrected chi connectivity index (χ1v) is 7.85. The van der Waals surface area contributed by atoms with E-state index in [1.807, 2.05) is 30.3 Å². The van der Waals surface area contributed by atoms with Crippen LogP contribution in [0.25, 0.3) is 0 Å². The number of nitrogens with one attached hydrogen (secondary N) is 1. The highest BCUT2D eigenvalue weighted by Gasteiger charge is 2.19. The first-order chi connectivity index (χ1) is 12.6. The van der Waals surface area contributed by atoms with Crippen molar-refractivity contribution in [3.8, 4) is 17.2 Å². The third kappa shape index (κ3) is 4.52. The number of rotatable bonds is 8. The molecule has 0 aromatic heterocycles. The molecule has 0 aliphatic rings. The number of hydrazone groups is 1. The Morgan fingerprint density at radius 3 is 2.12 bits per heavy atom. The van der Waals surface area contributed by atoms with Crippen LogP contribution in [0.1, 0.15) is 17.2 Å². The molecule has 2 rings (SSSR count). The van der Waals surface area contributed by atoms with Gasteiger partial charge in [-0.1, -0.05) is 30.3 Å². The summed E-state index contributed by atoms with van der Waals surface area (Å²) in [6, 6.07) is 12.6. The third-order valence-electron chi connectivity index (χ3n) is 3.65. The van der Waals surface area contributed by atoms with Crippen LogP contribution >= 0.6 is 0 Å². The molecule has 0 aliphatic heterocycles. The number of benzene rings is 2. The fourth-order valence-corrected chi connectivity index (χ4v) is 2.43. The molecule has 7 nitrogen and oxygen atoms in total. The summed E-state index contributed by atoms with van der Waals surface area (Å²) in [5.41, 5.74) is 3.90. The minimum Gasteiger partial charge on any atom is -0.493 e. The predicted octanol–water partition coefficient (Wildman–Crippen LogP) is 2.55. The van der Waals surface area contributed by atoms with E-state index in [0.29, 0.717) is 22.8 Å². The number of amides is 1. The normalized spacial score (nSPS) is 11.8. The summed E-state index contributed by atoms with van der Waals surface area (Å²) in [4.78, 5) is 12.3. The fraction of sp³-hybridized carbons (Fsp3) is 0.263. The van der Waals surface area contributed by atoms with Gasteiger partial charge >= 0.3 is 0 Å². The second kappa shape index (κ2) is 9.43. The summed E-state index contributed by atoms with van der Waals surface area (Å²) < 4.78 is 21.1. The van der Waals surface area contributed by atoms with Crippen LogP contribution in [-0.4, -0.2) is 40.6 Å². The molecule has 1 N–H and O–H groups in total. The molecule has 7 heteroatoms. The summed E-state index contributed by atoms with van der Waals surface area (Å²) in [7, 11) is 6.06. The Hall–Kier alpha value is -3.06. The zero-order chi connectivity index (χ0) is 18.9. The topological polar surface area (TPSA) is 78.4 Å². The Morgan fingerprint density at radius 1 is 1.00 bits per heavy atom. The number of nitrogens with zero attached hydrogens (tertiary/aromatic N) is 1. The van der Waals surface area contributed by atoms with Gasteiger partial charge in [-0.3, -0.25) is 4.79 Å². The summed E-state index contributed by atoms with van der Waals surface area (Å²) in [5.74, 6) is 1.11. The van der Waals surface area contributed by atoms with Crippen molar-refractivity contribution < 1.29 is 23.7 Å². The van der Waals surface area contributed by atoms with Crippen molar-refractivity contribution in [2.75, 3.05) is 28.4 Å². The van der Waals surface area contributed by atoms with Gasteiger partial charge in [-0.2, -0.15) is 5.10 Å². The van der Waals surface area contributed by atoms with Gasteiger partial charge < -0.3 is 18.9 Å². The van der Waals surface area contributed by atoms with Crippen molar-refractivity contribution in [2.24, 2.45) is 5.10 Å². The highest BCUT2D eigenvalue weighted by Crippen LogP contribution is 2.37. The average Bonchev–Trinajstić information content (AvgIpc) is 2.68. The Balaban J connectivity index is 2.13. The molecule has 1 amide bonds. The molecule has 26 heavy (non-hydrogen) atoms. The Kier molecular flexibility index (Phi) is 6.99. The lowest BCUT2D eigenvalue weighted by Gasteiger charge is -2.14. The van der Waals surface area contributed by atoms with Gasteiger partial charge in [0.2, 0.25) is 5.75 Å². The maximum atomic E-state index is 12.3. The Bertz CT molecular complexity index is 737. The molecule has 0 spiro atoms. The van der Waals surface area contributed by atoms with Gasteiger partial charge in [0, 0.05) is 12.7 Å². The fourth-order valence-electron chi connectivity index (χ4n) is 2.43. The van der Waals surface area contributed by atoms with E-state index in [1.165, 1.54) is 34.7 Å². The molecule has 2 aromatic rings. The van der Waals surface area contributed by atoms with Crippen LogP contribution < -0.4 is 19.6 Å². The lowest BCUT2D eigenvalue weighted by molar-refractivity contribution is -0.131. The lowest BCUT2D eigenvalue weighted by atomic mass is 10.1. The standard InChI is InChI=1S/C19H22N2O5/c1-23-15-10-13(11-16(24-2)18(15)26-4)12-20-21-19(22)17(25-3)14-8-6-5-7-9-14/h5-12,17H,1-4H3,(H,21,22)/b20-12+. The maximum absolute atomic E-state index is 12.3. The molecule has 0 radical (unpaired) electrons. The van der Waals surface area contributed by atoms with Crippen molar-refractivity contribution in [3.63, 3.8) is 0 Å². The van der Waals surface area contributed by atoms with Crippen molar-refractivity contribution in [1.82, 2.24) is 5.43 Å². The Morgan fingerprint density at radius 2 is 1.62 bits per heavy atom. The van der Waals surface area contributed by atoms with E-state index in [4.69, 9.17) is 18.9 Å². The molecule has 0 aliphatic carbocycles. The second-order valence-corrected chi connectivity index (χ2v) is 5.22. The summed E-state index contributed by atoms with van der Waals surface area (Å²) in [6.07, 6.45) is 0.744. The highest BCUT2D eigenvalue weighted by atomic mass is 16.5. The van der Waals surface area contributed by atoms with Crippen molar-refractivity contribution in [3.05, 3.63) is 53.6 Å². The molecule has 2 aromatic carbocycles. The summed E-state index contributed by atoms with van der Waals surface area (Å²) in [5, 5.41) is 3.99. The quantitative estimate of drug-likeness (QED) is 0.580. The molecule has 138 valence electrons. The van der Waals surface area contributed by atoms with Crippen LogP contribution in [0.15, 0.2) is 47.6 Å². The van der Waals surface area contributed by atoms with Crippen molar-refractivity contribution in [2.45, 2.75) is 6.10 Å². The number of hydrogen-bond donors (Lipinski definition) is 1. The largest absolute Gasteiger partial charge is 0.493 e. The van der Waals surface area contributed by atoms with Gasteiger partial charge in [0.05, 0.1) is 27.5 Å². The lowest BCUT2D eigenvalue weighted by Crippen LogP contribution is -2.26. The minimum atomic E-state index is -0.742. The van der Waals surface area contributed by atoms with Crippen molar-refractivity contribution >= 4 is 12.1 Å². The molecule has 0 fully saturated rings. The van der Waals surface area contributed by atoms with E-state index in [0.717, 1.165) is 5.56 Å². The molecule has 0 saturated heterocycles. The number of methoxy groups -OCH3 is 4. The SMILES string of the molecule is COc1cc(/C=N/NC(=O)C(OC)c2ccccc2)cc(OC)c1OC. The monoisotopic (exact) mass is 358 g/mol. The number of carbonyl (C=O) groups excluding carboxylic acids is 1. The van der Waals surface area contributed by atoms with E-state index < -0.39 is 6.10 Å². The van der Waals surface area contributed by atoms with Crippen LogP contribution in [-0.2, 0) is 9.53 Å². The van der Waals surface area contributed by atoms with Gasteiger partial charge in [0.1, 0.15) is 0 Å². The minimum absolute atomic E-state index is 0.373. The van der Waals surface area contributed by atoms with Crippen LogP contribution in [0.2, 0.25) is 0 Å². The van der Waals surface area contributed by atoms with Crippen molar-refractivity contribution in [1.29, 1.82) is 0 Å². The van der Waals surface area contributed by atoms with Crippen LogP contribution in [0.4, 0.5) is 0 Å². The maximum Gasteiger partial charge on any atom is 0.273 e. The van der Waals surface area contributed by atoms with Gasteiger partial charge in [-0.05, 0) is 17.7 Å². The summed E-state index contributed by atoms with van der Waals surface area (Å²) >= 11 is 0. The zero-order valence-corrected chi connectivity index (χ0v) is 15.2. The van der Waals surface area contributed by atoms with Crippen LogP contribution in [0, 0.1) is 0 Å². The van der Waals surface area contributed by atoms with Crippen LogP contribution in [0.3, 0.4) is 0 Å². The van der Waals surface area contributed by atoms with Gasteiger partial charge in [0.25, 0.3) is 5.91 Å². The first-order valence-electron chi connectivity index (χ1n) is 7.85.